The van der Waals surface area contributed by atoms with Crippen LogP contribution in [-0.2, 0) is 4.79 Å². The predicted molar refractivity (Wildman–Crippen MR) is 124 cm³/mol. The Morgan fingerprint density at radius 1 is 0.903 bits per heavy atom. The molecule has 3 amide bonds. The molecule has 3 aromatic rings. The molecule has 1 saturated heterocycles. The quantitative estimate of drug-likeness (QED) is 0.480. The van der Waals surface area contributed by atoms with Crippen molar-refractivity contribution < 1.29 is 14.3 Å². The lowest BCUT2D eigenvalue weighted by atomic mass is 10.2. The van der Waals surface area contributed by atoms with Crippen molar-refractivity contribution in [1.82, 2.24) is 4.90 Å². The first kappa shape index (κ1) is 20.9. The van der Waals surface area contributed by atoms with Gasteiger partial charge in [-0.25, -0.2) is 4.79 Å². The number of likely N-dealkylation sites (tertiary alicyclic amines) is 1. The van der Waals surface area contributed by atoms with Crippen molar-refractivity contribution in [2.45, 2.75) is 18.9 Å². The average Bonchev–Trinajstić information content (AvgIpc) is 3.28. The van der Waals surface area contributed by atoms with Crippen LogP contribution in [0.2, 0.25) is 0 Å². The summed E-state index contributed by atoms with van der Waals surface area (Å²) in [5.41, 5.74) is 1.25. The summed E-state index contributed by atoms with van der Waals surface area (Å²) in [6.45, 7) is 0.530. The third-order valence-electron chi connectivity index (χ3n) is 5.03. The van der Waals surface area contributed by atoms with Crippen LogP contribution in [0, 0.1) is 0 Å². The molecule has 1 atom stereocenters. The maximum Gasteiger partial charge on any atom is 0.322 e. The van der Waals surface area contributed by atoms with Crippen LogP contribution in [0.25, 0.3) is 0 Å². The Morgan fingerprint density at radius 3 is 2.39 bits per heavy atom. The molecule has 0 aliphatic carbocycles. The lowest BCUT2D eigenvalue weighted by molar-refractivity contribution is -0.119. The number of para-hydroxylation sites is 3. The van der Waals surface area contributed by atoms with Crippen molar-refractivity contribution in [2.75, 3.05) is 17.2 Å². The highest BCUT2D eigenvalue weighted by atomic mass is 79.9. The van der Waals surface area contributed by atoms with Crippen molar-refractivity contribution in [1.29, 1.82) is 0 Å². The normalized spacial score (nSPS) is 15.4. The number of amides is 3. The van der Waals surface area contributed by atoms with Crippen LogP contribution in [0.1, 0.15) is 12.8 Å². The molecule has 1 fully saturated rings. The van der Waals surface area contributed by atoms with E-state index in [0.717, 1.165) is 10.9 Å². The van der Waals surface area contributed by atoms with E-state index in [1.165, 1.54) is 0 Å². The van der Waals surface area contributed by atoms with Crippen molar-refractivity contribution in [3.05, 3.63) is 83.3 Å². The highest BCUT2D eigenvalue weighted by molar-refractivity contribution is 9.10. The maximum absolute atomic E-state index is 13.0. The Kier molecular flexibility index (Phi) is 6.52. The Bertz CT molecular complexity index is 1060. The fourth-order valence-corrected chi connectivity index (χ4v) is 3.77. The molecule has 2 N–H and O–H groups in total. The number of urea groups is 1. The van der Waals surface area contributed by atoms with Gasteiger partial charge in [-0.2, -0.15) is 0 Å². The monoisotopic (exact) mass is 479 g/mol. The van der Waals surface area contributed by atoms with Gasteiger partial charge in [0.15, 0.2) is 5.75 Å². The molecule has 0 bridgehead atoms. The third-order valence-corrected chi connectivity index (χ3v) is 5.56. The SMILES string of the molecule is O=C(Nc1ccccc1Oc1ccccc1)C1CCCN1C(=O)Nc1ccc(Br)cc1. The largest absolute Gasteiger partial charge is 0.455 e. The molecule has 1 aliphatic rings. The molecule has 0 radical (unpaired) electrons. The molecule has 0 spiro atoms. The van der Waals surface area contributed by atoms with Gasteiger partial charge in [0.2, 0.25) is 5.91 Å². The van der Waals surface area contributed by atoms with Gasteiger partial charge in [-0.05, 0) is 61.4 Å². The number of anilines is 2. The highest BCUT2D eigenvalue weighted by Gasteiger charge is 2.34. The van der Waals surface area contributed by atoms with Gasteiger partial charge < -0.3 is 20.3 Å². The van der Waals surface area contributed by atoms with E-state index in [4.69, 9.17) is 4.74 Å². The van der Waals surface area contributed by atoms with Gasteiger partial charge in [0.25, 0.3) is 0 Å². The van der Waals surface area contributed by atoms with Crippen molar-refractivity contribution in [3.8, 4) is 11.5 Å². The number of halogens is 1. The first-order valence-corrected chi connectivity index (χ1v) is 10.9. The van der Waals surface area contributed by atoms with Crippen LogP contribution in [0.5, 0.6) is 11.5 Å². The lowest BCUT2D eigenvalue weighted by Gasteiger charge is -2.24. The number of hydrogen-bond acceptors (Lipinski definition) is 3. The number of benzene rings is 3. The second-order valence-corrected chi connectivity index (χ2v) is 8.10. The molecular weight excluding hydrogens is 458 g/mol. The smallest absolute Gasteiger partial charge is 0.322 e. The molecule has 0 saturated carbocycles. The molecule has 1 unspecified atom stereocenters. The summed E-state index contributed by atoms with van der Waals surface area (Å²) >= 11 is 3.38. The van der Waals surface area contributed by atoms with E-state index in [1.54, 1.807) is 17.0 Å². The second kappa shape index (κ2) is 9.66. The van der Waals surface area contributed by atoms with Gasteiger partial charge in [-0.3, -0.25) is 4.79 Å². The van der Waals surface area contributed by atoms with Gasteiger partial charge in [-0.1, -0.05) is 46.3 Å². The Hall–Kier alpha value is -3.32. The zero-order valence-electron chi connectivity index (χ0n) is 16.8. The van der Waals surface area contributed by atoms with Gasteiger partial charge in [0.05, 0.1) is 5.69 Å². The summed E-state index contributed by atoms with van der Waals surface area (Å²) in [7, 11) is 0. The topological polar surface area (TPSA) is 70.7 Å². The Labute approximate surface area is 189 Å². The van der Waals surface area contributed by atoms with Crippen molar-refractivity contribution >= 4 is 39.2 Å². The molecule has 31 heavy (non-hydrogen) atoms. The fraction of sp³-hybridized carbons (Fsp3) is 0.167. The number of nitrogens with zero attached hydrogens (tertiary/aromatic N) is 1. The molecule has 0 aromatic heterocycles. The van der Waals surface area contributed by atoms with Crippen LogP contribution < -0.4 is 15.4 Å². The van der Waals surface area contributed by atoms with Gasteiger partial charge in [0, 0.05) is 16.7 Å². The average molecular weight is 480 g/mol. The van der Waals surface area contributed by atoms with E-state index < -0.39 is 6.04 Å². The zero-order valence-corrected chi connectivity index (χ0v) is 18.3. The number of rotatable bonds is 5. The van der Waals surface area contributed by atoms with E-state index in [0.29, 0.717) is 35.8 Å². The Balaban J connectivity index is 1.44. The molecule has 7 heteroatoms. The van der Waals surface area contributed by atoms with Gasteiger partial charge >= 0.3 is 6.03 Å². The van der Waals surface area contributed by atoms with E-state index in [1.807, 2.05) is 66.7 Å². The van der Waals surface area contributed by atoms with E-state index in [-0.39, 0.29) is 11.9 Å². The number of carbonyl (C=O) groups is 2. The molecule has 158 valence electrons. The predicted octanol–water partition coefficient (Wildman–Crippen LogP) is 5.88. The standard InChI is InChI=1S/C24H22BrN3O3/c25-17-12-14-18(15-13-17)26-24(30)28-16-6-10-21(28)23(29)27-20-9-4-5-11-22(20)31-19-7-2-1-3-8-19/h1-5,7-9,11-15,21H,6,10,16H2,(H,26,30)(H,27,29). The molecule has 1 aliphatic heterocycles. The summed E-state index contributed by atoms with van der Waals surface area (Å²) < 4.78 is 6.86. The molecule has 1 heterocycles. The van der Waals surface area contributed by atoms with Crippen molar-refractivity contribution in [2.24, 2.45) is 0 Å². The lowest BCUT2D eigenvalue weighted by Crippen LogP contribution is -2.45. The minimum Gasteiger partial charge on any atom is -0.455 e. The van der Waals surface area contributed by atoms with Crippen LogP contribution in [0.4, 0.5) is 16.2 Å². The summed E-state index contributed by atoms with van der Waals surface area (Å²) in [6.07, 6.45) is 1.38. The van der Waals surface area contributed by atoms with E-state index >= 15 is 0 Å². The highest BCUT2D eigenvalue weighted by Crippen LogP contribution is 2.30. The first-order chi connectivity index (χ1) is 15.1. The minimum absolute atomic E-state index is 0.229. The van der Waals surface area contributed by atoms with E-state index in [2.05, 4.69) is 26.6 Å². The number of nitrogens with one attached hydrogen (secondary N) is 2. The Morgan fingerprint density at radius 2 is 1.61 bits per heavy atom. The van der Waals surface area contributed by atoms with Gasteiger partial charge in [-0.15, -0.1) is 0 Å². The van der Waals surface area contributed by atoms with E-state index in [9.17, 15) is 9.59 Å². The van der Waals surface area contributed by atoms with Crippen LogP contribution >= 0.6 is 15.9 Å². The third kappa shape index (κ3) is 5.24. The zero-order chi connectivity index (χ0) is 21.6. The molecule has 6 nitrogen and oxygen atoms in total. The number of ether oxygens (including phenoxy) is 1. The number of carbonyl (C=O) groups excluding carboxylic acids is 2. The maximum atomic E-state index is 13.0. The summed E-state index contributed by atoms with van der Waals surface area (Å²) in [4.78, 5) is 27.4. The molecule has 4 rings (SSSR count). The second-order valence-electron chi connectivity index (χ2n) is 7.19. The number of hydrogen-bond donors (Lipinski definition) is 2. The first-order valence-electron chi connectivity index (χ1n) is 10.1. The molecular formula is C24H22BrN3O3. The summed E-state index contributed by atoms with van der Waals surface area (Å²) in [5.74, 6) is 0.999. The van der Waals surface area contributed by atoms with Crippen LogP contribution in [0.15, 0.2) is 83.3 Å². The molecule has 3 aromatic carbocycles. The van der Waals surface area contributed by atoms with Crippen molar-refractivity contribution in [3.63, 3.8) is 0 Å². The van der Waals surface area contributed by atoms with Crippen LogP contribution in [-0.4, -0.2) is 29.4 Å². The van der Waals surface area contributed by atoms with Gasteiger partial charge in [0.1, 0.15) is 11.8 Å². The fourth-order valence-electron chi connectivity index (χ4n) is 3.50. The summed E-state index contributed by atoms with van der Waals surface area (Å²) in [6, 6.07) is 23.2. The van der Waals surface area contributed by atoms with Crippen LogP contribution in [0.3, 0.4) is 0 Å². The minimum atomic E-state index is -0.541. The summed E-state index contributed by atoms with van der Waals surface area (Å²) in [5, 5.41) is 5.80.